The van der Waals surface area contributed by atoms with Crippen LogP contribution in [0, 0.1) is 0 Å². The van der Waals surface area contributed by atoms with E-state index >= 15 is 0 Å². The van der Waals surface area contributed by atoms with Crippen molar-refractivity contribution in [1.82, 2.24) is 15.1 Å². The highest BCUT2D eigenvalue weighted by molar-refractivity contribution is 8.01. The summed E-state index contributed by atoms with van der Waals surface area (Å²) in [6.45, 7) is 0. The highest BCUT2D eigenvalue weighted by atomic mass is 32.2. The van der Waals surface area contributed by atoms with Gasteiger partial charge in [0, 0.05) is 18.4 Å². The van der Waals surface area contributed by atoms with Crippen molar-refractivity contribution in [2.75, 3.05) is 23.4 Å². The van der Waals surface area contributed by atoms with E-state index in [2.05, 4.69) is 20.8 Å². The first-order valence-corrected chi connectivity index (χ1v) is 10.4. The number of imide groups is 1. The standard InChI is InChI=1S/C19H15N5O3S2/c1-24-16(26)13-8-7-12(9-14(13)17(24)27)20-15(25)10-28-19-23-22-18(29-19)21-11-5-3-2-4-6-11/h2-9H,10H2,1H3,(H,20,25)(H,21,22). The zero-order valence-electron chi connectivity index (χ0n) is 15.2. The number of fused-ring (bicyclic) bond motifs is 1. The summed E-state index contributed by atoms with van der Waals surface area (Å²) in [5.41, 5.74) is 2.02. The molecule has 0 fully saturated rings. The van der Waals surface area contributed by atoms with Crippen molar-refractivity contribution < 1.29 is 14.4 Å². The lowest BCUT2D eigenvalue weighted by molar-refractivity contribution is -0.113. The molecule has 1 aliphatic heterocycles. The molecular weight excluding hydrogens is 410 g/mol. The summed E-state index contributed by atoms with van der Waals surface area (Å²) in [7, 11) is 1.43. The van der Waals surface area contributed by atoms with E-state index in [0.29, 0.717) is 26.3 Å². The van der Waals surface area contributed by atoms with Crippen LogP contribution in [0.5, 0.6) is 0 Å². The van der Waals surface area contributed by atoms with Crippen LogP contribution in [0.3, 0.4) is 0 Å². The molecule has 1 aromatic heterocycles. The number of benzene rings is 2. The molecule has 146 valence electrons. The van der Waals surface area contributed by atoms with Crippen LogP contribution in [0.2, 0.25) is 0 Å². The summed E-state index contributed by atoms with van der Waals surface area (Å²) >= 11 is 2.62. The molecular formula is C19H15N5O3S2. The minimum atomic E-state index is -0.372. The summed E-state index contributed by atoms with van der Waals surface area (Å²) in [6.07, 6.45) is 0. The number of thioether (sulfide) groups is 1. The van der Waals surface area contributed by atoms with Gasteiger partial charge in [0.05, 0.1) is 16.9 Å². The SMILES string of the molecule is CN1C(=O)c2ccc(NC(=O)CSc3nnc(Nc4ccccc4)s3)cc2C1=O. The topological polar surface area (TPSA) is 104 Å². The van der Waals surface area contributed by atoms with E-state index in [-0.39, 0.29) is 23.5 Å². The van der Waals surface area contributed by atoms with E-state index in [1.165, 1.54) is 36.2 Å². The number of carbonyl (C=O) groups is 3. The van der Waals surface area contributed by atoms with Gasteiger partial charge >= 0.3 is 0 Å². The van der Waals surface area contributed by atoms with Crippen molar-refractivity contribution in [3.05, 3.63) is 59.7 Å². The molecule has 2 heterocycles. The molecule has 2 aromatic carbocycles. The van der Waals surface area contributed by atoms with Crippen molar-refractivity contribution in [2.45, 2.75) is 4.34 Å². The third-order valence-corrected chi connectivity index (χ3v) is 6.10. The third kappa shape index (κ3) is 4.13. The number of hydrogen-bond acceptors (Lipinski definition) is 8. The van der Waals surface area contributed by atoms with E-state index in [1.54, 1.807) is 12.1 Å². The van der Waals surface area contributed by atoms with Crippen molar-refractivity contribution in [1.29, 1.82) is 0 Å². The van der Waals surface area contributed by atoms with Gasteiger partial charge in [0.2, 0.25) is 11.0 Å². The summed E-state index contributed by atoms with van der Waals surface area (Å²) in [4.78, 5) is 37.3. The average molecular weight is 425 g/mol. The molecule has 0 saturated carbocycles. The Morgan fingerprint density at radius 2 is 1.79 bits per heavy atom. The van der Waals surface area contributed by atoms with Crippen LogP contribution in [0.1, 0.15) is 20.7 Å². The number of para-hydroxylation sites is 1. The molecule has 29 heavy (non-hydrogen) atoms. The number of anilines is 3. The quantitative estimate of drug-likeness (QED) is 0.461. The predicted molar refractivity (Wildman–Crippen MR) is 112 cm³/mol. The van der Waals surface area contributed by atoms with Crippen LogP contribution in [0.4, 0.5) is 16.5 Å². The zero-order valence-corrected chi connectivity index (χ0v) is 16.8. The van der Waals surface area contributed by atoms with E-state index in [9.17, 15) is 14.4 Å². The fourth-order valence-corrected chi connectivity index (χ4v) is 4.30. The van der Waals surface area contributed by atoms with Gasteiger partial charge in [0.15, 0.2) is 4.34 Å². The minimum absolute atomic E-state index is 0.143. The largest absolute Gasteiger partial charge is 0.330 e. The van der Waals surface area contributed by atoms with Crippen molar-refractivity contribution in [2.24, 2.45) is 0 Å². The molecule has 0 atom stereocenters. The Labute approximate surface area is 174 Å². The second-order valence-electron chi connectivity index (χ2n) is 6.13. The Morgan fingerprint density at radius 1 is 1.03 bits per heavy atom. The normalized spacial score (nSPS) is 12.8. The number of hydrogen-bond donors (Lipinski definition) is 2. The maximum Gasteiger partial charge on any atom is 0.261 e. The van der Waals surface area contributed by atoms with E-state index in [4.69, 9.17) is 0 Å². The maximum atomic E-state index is 12.2. The predicted octanol–water partition coefficient (Wildman–Crippen LogP) is 3.24. The van der Waals surface area contributed by atoms with Crippen LogP contribution < -0.4 is 10.6 Å². The molecule has 4 rings (SSSR count). The Balaban J connectivity index is 1.33. The van der Waals surface area contributed by atoms with Crippen LogP contribution in [-0.4, -0.2) is 45.6 Å². The lowest BCUT2D eigenvalue weighted by atomic mass is 10.1. The monoisotopic (exact) mass is 425 g/mol. The van der Waals surface area contributed by atoms with Crippen molar-refractivity contribution in [3.8, 4) is 0 Å². The van der Waals surface area contributed by atoms with E-state index in [1.807, 2.05) is 30.3 Å². The molecule has 0 saturated heterocycles. The molecule has 2 N–H and O–H groups in total. The van der Waals surface area contributed by atoms with Crippen molar-refractivity contribution in [3.63, 3.8) is 0 Å². The number of rotatable bonds is 6. The van der Waals surface area contributed by atoms with Gasteiger partial charge in [-0.05, 0) is 30.3 Å². The molecule has 0 aliphatic carbocycles. The van der Waals surface area contributed by atoms with Gasteiger partial charge in [-0.25, -0.2) is 0 Å². The Hall–Kier alpha value is -3.24. The summed E-state index contributed by atoms with van der Waals surface area (Å²) in [6, 6.07) is 14.3. The zero-order chi connectivity index (χ0) is 20.4. The first kappa shape index (κ1) is 19.1. The summed E-state index contributed by atoms with van der Waals surface area (Å²) < 4.78 is 0.662. The number of carbonyl (C=O) groups excluding carboxylic acids is 3. The summed E-state index contributed by atoms with van der Waals surface area (Å²) in [5.74, 6) is -0.811. The molecule has 8 nitrogen and oxygen atoms in total. The summed E-state index contributed by atoms with van der Waals surface area (Å²) in [5, 5.41) is 14.7. The number of amides is 3. The smallest absolute Gasteiger partial charge is 0.261 e. The third-order valence-electron chi connectivity index (χ3n) is 4.13. The van der Waals surface area contributed by atoms with Gasteiger partial charge in [-0.3, -0.25) is 19.3 Å². The van der Waals surface area contributed by atoms with Gasteiger partial charge in [0.1, 0.15) is 0 Å². The van der Waals surface area contributed by atoms with Gasteiger partial charge in [-0.15, -0.1) is 10.2 Å². The molecule has 0 spiro atoms. The highest BCUT2D eigenvalue weighted by Crippen LogP contribution is 2.28. The Morgan fingerprint density at radius 3 is 2.59 bits per heavy atom. The first-order valence-electron chi connectivity index (χ1n) is 8.56. The minimum Gasteiger partial charge on any atom is -0.330 e. The molecule has 10 heteroatoms. The second-order valence-corrected chi connectivity index (χ2v) is 8.33. The van der Waals surface area contributed by atoms with E-state index < -0.39 is 0 Å². The van der Waals surface area contributed by atoms with Crippen molar-refractivity contribution >= 4 is 57.3 Å². The fourth-order valence-electron chi connectivity index (χ4n) is 2.73. The lowest BCUT2D eigenvalue weighted by Crippen LogP contribution is -2.24. The Kier molecular flexibility index (Phi) is 5.28. The molecule has 3 amide bonds. The van der Waals surface area contributed by atoms with Crippen LogP contribution in [-0.2, 0) is 4.79 Å². The average Bonchev–Trinajstić information content (AvgIpc) is 3.26. The number of nitrogens with zero attached hydrogens (tertiary/aromatic N) is 3. The maximum absolute atomic E-state index is 12.2. The van der Waals surface area contributed by atoms with Gasteiger partial charge in [-0.1, -0.05) is 41.3 Å². The van der Waals surface area contributed by atoms with Gasteiger partial charge < -0.3 is 10.6 Å². The number of nitrogens with one attached hydrogen (secondary N) is 2. The van der Waals surface area contributed by atoms with Crippen LogP contribution >= 0.6 is 23.1 Å². The highest BCUT2D eigenvalue weighted by Gasteiger charge is 2.32. The van der Waals surface area contributed by atoms with E-state index in [0.717, 1.165) is 10.6 Å². The van der Waals surface area contributed by atoms with Gasteiger partial charge in [0.25, 0.3) is 11.8 Å². The Bertz CT molecular complexity index is 1100. The van der Waals surface area contributed by atoms with Crippen LogP contribution in [0.15, 0.2) is 52.9 Å². The molecule has 0 bridgehead atoms. The molecule has 0 unspecified atom stereocenters. The number of aromatic nitrogens is 2. The molecule has 3 aromatic rings. The van der Waals surface area contributed by atoms with Gasteiger partial charge in [-0.2, -0.15) is 0 Å². The fraction of sp³-hybridized carbons (Fsp3) is 0.105. The molecule has 0 radical (unpaired) electrons. The first-order chi connectivity index (χ1) is 14.0. The van der Waals surface area contributed by atoms with Crippen LogP contribution in [0.25, 0.3) is 0 Å². The second kappa shape index (κ2) is 8.02. The lowest BCUT2D eigenvalue weighted by Gasteiger charge is -2.05. The molecule has 1 aliphatic rings.